The number of alkyl halides is 6. The second kappa shape index (κ2) is 43.1. The third-order valence-electron chi connectivity index (χ3n) is 18.5. The van der Waals surface area contributed by atoms with Crippen LogP contribution in [-0.4, -0.2) is 174 Å². The standard InChI is InChI=1S/C38H47Cl3N6O7.C24H36Cl3N5O6.C19H21NO4/c1-23(2)28(20-33(49)37(5,6)15-14-26-10-11-27-12-13-29(43-31(27)19-26)24(3)54-25(4)48)34(50)44-32(21-46-17-8-16-42-46)35(51)47-18-7-9-30(45-47)36(52)53-22-38(39,40)41;1-15(2)16(12-19(33)38-23(3,4)5)20(34)29-18(13-31-10-7-9-28-31)21(35)32-11-6-8-17(30-32)22(36)37-14-24(25,26)27;1-12(24-13(2)21)16-8-7-15-6-5-14(11-17(15)20-16)9-10-19(3,4)18(22)23/h8,10-17,19,23-24,28,30,32,45H,7,9,18,20-22H2,1-6H3,(H,44,50);7,9-10,15-18,30H,6,8,11-14H2,1-5H3,(H,29,34);5-12H,1-4H3,(H,22,23)/b15-14+;;10-9+/t24-,28+,30+,32?;16-,17-,18?;12-/m101/s1. The van der Waals surface area contributed by atoms with Crippen molar-refractivity contribution in [3.05, 3.63) is 132 Å². The molecule has 29 nitrogen and oxygen atoms in total. The van der Waals surface area contributed by atoms with Gasteiger partial charge in [-0.2, -0.15) is 10.2 Å². The highest BCUT2D eigenvalue weighted by Gasteiger charge is 2.40. The lowest BCUT2D eigenvalue weighted by Crippen LogP contribution is -2.61. The molecule has 116 heavy (non-hydrogen) atoms. The van der Waals surface area contributed by atoms with Crippen molar-refractivity contribution in [3.8, 4) is 0 Å². The summed E-state index contributed by atoms with van der Waals surface area (Å²) in [6, 6.07) is 18.5. The van der Waals surface area contributed by atoms with Crippen molar-refractivity contribution in [2.75, 3.05) is 26.3 Å². The van der Waals surface area contributed by atoms with Crippen molar-refractivity contribution >= 4 is 169 Å². The fourth-order valence-electron chi connectivity index (χ4n) is 11.9. The van der Waals surface area contributed by atoms with Gasteiger partial charge in [0.05, 0.1) is 53.3 Å². The summed E-state index contributed by atoms with van der Waals surface area (Å²) in [7, 11) is 0. The number of nitrogens with zero attached hydrogens (tertiary/aromatic N) is 8. The smallest absolute Gasteiger partial charge is 0.325 e. The Balaban J connectivity index is 0.000000292. The van der Waals surface area contributed by atoms with Crippen molar-refractivity contribution < 1.29 is 81.5 Å². The molecule has 2 aliphatic heterocycles. The van der Waals surface area contributed by atoms with Crippen molar-refractivity contribution in [2.24, 2.45) is 34.5 Å². The number of carbonyl (C=O) groups excluding carboxylic acids is 10. The van der Waals surface area contributed by atoms with Crippen molar-refractivity contribution in [1.29, 1.82) is 0 Å². The fourth-order valence-corrected chi connectivity index (χ4v) is 12.2. The van der Waals surface area contributed by atoms with Crippen molar-refractivity contribution in [3.63, 3.8) is 0 Å². The molecule has 4 amide bonds. The maximum absolute atomic E-state index is 13.9. The first-order valence-electron chi connectivity index (χ1n) is 37.8. The van der Waals surface area contributed by atoms with E-state index in [2.05, 4.69) is 41.7 Å². The number of carboxylic acid groups (broad SMARTS) is 1. The minimum Gasteiger partial charge on any atom is -0.481 e. The fraction of sp³-hybridized carbons (Fsp3) is 0.519. The first kappa shape index (κ1) is 96.0. The highest BCUT2D eigenvalue weighted by molar-refractivity contribution is 6.68. The average Bonchev–Trinajstić information content (AvgIpc) is 0.960. The van der Waals surface area contributed by atoms with Crippen LogP contribution in [0.2, 0.25) is 0 Å². The van der Waals surface area contributed by atoms with Gasteiger partial charge in [-0.15, -0.1) is 0 Å². The zero-order chi connectivity index (χ0) is 86.4. The number of ketones is 1. The van der Waals surface area contributed by atoms with Gasteiger partial charge in [-0.1, -0.05) is 158 Å². The van der Waals surface area contributed by atoms with Crippen LogP contribution < -0.4 is 21.5 Å². The van der Waals surface area contributed by atoms with E-state index >= 15 is 0 Å². The lowest BCUT2D eigenvalue weighted by atomic mass is 9.79. The Labute approximate surface area is 705 Å². The molecule has 5 N–H and O–H groups in total. The van der Waals surface area contributed by atoms with Gasteiger partial charge < -0.3 is 39.4 Å². The van der Waals surface area contributed by atoms with Gasteiger partial charge in [0.15, 0.2) is 0 Å². The van der Waals surface area contributed by atoms with E-state index in [4.69, 9.17) is 98.4 Å². The topological polar surface area (TPSA) is 370 Å². The van der Waals surface area contributed by atoms with Gasteiger partial charge in [0.1, 0.15) is 61.0 Å². The minimum atomic E-state index is -1.79. The Morgan fingerprint density at radius 1 is 0.560 bits per heavy atom. The minimum absolute atomic E-state index is 0.00982. The summed E-state index contributed by atoms with van der Waals surface area (Å²) < 4.78 is 25.5. The van der Waals surface area contributed by atoms with E-state index in [1.807, 2.05) is 94.4 Å². The molecule has 6 heterocycles. The molecule has 0 spiro atoms. The molecule has 0 radical (unpaired) electrons. The second-order valence-electron chi connectivity index (χ2n) is 31.1. The molecule has 35 heteroatoms. The first-order valence-corrected chi connectivity index (χ1v) is 40.0. The number of amides is 4. The van der Waals surface area contributed by atoms with Crippen LogP contribution in [0.25, 0.3) is 34.0 Å². The van der Waals surface area contributed by atoms with Gasteiger partial charge in [-0.3, -0.25) is 72.1 Å². The molecule has 2 unspecified atom stereocenters. The van der Waals surface area contributed by atoms with E-state index in [1.165, 1.54) is 33.2 Å². The van der Waals surface area contributed by atoms with E-state index in [0.717, 1.165) is 27.4 Å². The number of halogens is 6. The van der Waals surface area contributed by atoms with Crippen LogP contribution in [-0.2, 0) is 89.5 Å². The number of carboxylic acids is 1. The number of Topliss-reactive ketones (excluding diaryl/α,β-unsaturated/α-hetero) is 1. The summed E-state index contributed by atoms with van der Waals surface area (Å²) in [5.74, 6) is -7.45. The van der Waals surface area contributed by atoms with Gasteiger partial charge in [0, 0.05) is 80.3 Å². The maximum atomic E-state index is 13.9. The van der Waals surface area contributed by atoms with Crippen molar-refractivity contribution in [2.45, 2.75) is 205 Å². The Bertz CT molecular complexity index is 4460. The number of pyridine rings is 2. The molecule has 8 atom stereocenters. The van der Waals surface area contributed by atoms with Crippen LogP contribution >= 0.6 is 69.6 Å². The number of nitrogens with one attached hydrogen (secondary N) is 4. The van der Waals surface area contributed by atoms with Gasteiger partial charge in [0.2, 0.25) is 19.4 Å². The molecule has 0 bridgehead atoms. The molecular formula is C81H104Cl6N12O17. The zero-order valence-corrected chi connectivity index (χ0v) is 72.2. The maximum Gasteiger partial charge on any atom is 0.325 e. The van der Waals surface area contributed by atoms with Crippen LogP contribution in [0, 0.1) is 34.5 Å². The summed E-state index contributed by atoms with van der Waals surface area (Å²) in [5.41, 5.74) is 7.63. The number of carbonyl (C=O) groups is 11. The third kappa shape index (κ3) is 31.6. The van der Waals surface area contributed by atoms with Gasteiger partial charge in [-0.05, 0) is 147 Å². The number of ether oxygens (including phenoxy) is 5. The number of allylic oxidation sites excluding steroid dienone is 1. The van der Waals surface area contributed by atoms with Crippen LogP contribution in [0.3, 0.4) is 0 Å². The molecule has 0 aliphatic carbocycles. The monoisotopic (exact) mass is 1730 g/mol. The molecule has 8 rings (SSSR count). The number of hydrazine groups is 2. The molecule has 2 aromatic carbocycles. The molecule has 0 saturated carbocycles. The lowest BCUT2D eigenvalue weighted by molar-refractivity contribution is -0.158. The number of esters is 5. The Kier molecular flexibility index (Phi) is 35.6. The van der Waals surface area contributed by atoms with Crippen LogP contribution in [0.4, 0.5) is 0 Å². The third-order valence-corrected chi connectivity index (χ3v) is 19.1. The largest absolute Gasteiger partial charge is 0.481 e. The highest BCUT2D eigenvalue weighted by Crippen LogP contribution is 2.32. The first-order chi connectivity index (χ1) is 54.1. The van der Waals surface area contributed by atoms with Gasteiger partial charge in [-0.25, -0.2) is 20.8 Å². The normalized spacial score (nSPS) is 16.5. The Morgan fingerprint density at radius 3 is 1.30 bits per heavy atom. The quantitative estimate of drug-likeness (QED) is 0.0159. The van der Waals surface area contributed by atoms with E-state index in [-0.39, 0.29) is 56.1 Å². The average molecular weight is 1730 g/mol. The van der Waals surface area contributed by atoms with E-state index in [0.29, 0.717) is 49.1 Å². The predicted molar refractivity (Wildman–Crippen MR) is 440 cm³/mol. The predicted octanol–water partition coefficient (Wildman–Crippen LogP) is 12.7. The number of rotatable bonds is 30. The second-order valence-corrected chi connectivity index (χ2v) is 36.1. The molecule has 632 valence electrons. The number of hydrogen-bond acceptors (Lipinski definition) is 22. The highest BCUT2D eigenvalue weighted by atomic mass is 35.6. The van der Waals surface area contributed by atoms with E-state index in [9.17, 15) is 52.7 Å². The summed E-state index contributed by atoms with van der Waals surface area (Å²) in [4.78, 5) is 149. The zero-order valence-electron chi connectivity index (χ0n) is 67.6. The molecule has 2 fully saturated rings. The van der Waals surface area contributed by atoms with Crippen molar-refractivity contribution in [1.82, 2.24) is 61.0 Å². The van der Waals surface area contributed by atoms with Gasteiger partial charge >= 0.3 is 35.8 Å². The summed E-state index contributed by atoms with van der Waals surface area (Å²) in [6.07, 6.45) is 14.2. The SMILES string of the molecule is CC(=O)O[C@H](C)c1ccc2ccc(/C=C/C(C)(C)C(=O)C[C@H](C(=O)NC(Cn3cccn3)C(=O)N3CCC[C@@H](C(=O)OCC(Cl)(Cl)Cl)N3)C(C)C)cc2n1.CC(=O)O[C@H](C)c1ccc2ccc(/C=C/C(C)(C)C(=O)O)cc2n1.CC(C)[C@H](CC(=O)OC(C)(C)C)C(=O)NC(Cn1cccn1)C(=O)N1CCC[C@@H](C(=O)OCC(Cl)(Cl)Cl)N1. The number of fused-ring (bicyclic) bond motifs is 2. The summed E-state index contributed by atoms with van der Waals surface area (Å²) >= 11 is 34.1. The number of benzene rings is 2. The van der Waals surface area contributed by atoms with Crippen LogP contribution in [0.15, 0.2) is 110 Å². The lowest BCUT2D eigenvalue weighted by Gasteiger charge is -2.35. The molecule has 2 aliphatic rings. The molecular weight excluding hydrogens is 1630 g/mol. The number of aliphatic carboxylic acids is 1. The van der Waals surface area contributed by atoms with E-state index < -0.39 is 139 Å². The molecule has 4 aromatic heterocycles. The van der Waals surface area contributed by atoms with Crippen LogP contribution in [0.5, 0.6) is 0 Å². The van der Waals surface area contributed by atoms with E-state index in [1.54, 1.807) is 117 Å². The Morgan fingerprint density at radius 2 is 0.948 bits per heavy atom. The number of aromatic nitrogens is 6. The summed E-state index contributed by atoms with van der Waals surface area (Å²) in [5, 5.41) is 27.6. The molecule has 2 saturated heterocycles. The number of hydrogen-bond donors (Lipinski definition) is 5. The molecule has 6 aromatic rings. The van der Waals surface area contributed by atoms with Crippen LogP contribution in [0.1, 0.15) is 177 Å². The van der Waals surface area contributed by atoms with Gasteiger partial charge in [0.25, 0.3) is 11.8 Å². The summed E-state index contributed by atoms with van der Waals surface area (Å²) in [6.45, 7) is 25.4. The Hall–Kier alpha value is -8.81.